The molecular weight excluding hydrogens is 232 g/mol. The van der Waals surface area contributed by atoms with Gasteiger partial charge in [0.15, 0.2) is 15.1 Å². The molecule has 0 unspecified atom stereocenters. The maximum Gasteiger partial charge on any atom is 0.188 e. The van der Waals surface area contributed by atoms with E-state index in [1.165, 1.54) is 0 Å². The molecule has 0 spiro atoms. The van der Waals surface area contributed by atoms with Gasteiger partial charge < -0.3 is 13.9 Å². The minimum Gasteiger partial charge on any atom is -0.467 e. The Balaban J connectivity index is 2.63. The third-order valence-electron chi connectivity index (χ3n) is 2.77. The van der Waals surface area contributed by atoms with Gasteiger partial charge in [-0.2, -0.15) is 0 Å². The van der Waals surface area contributed by atoms with Crippen molar-refractivity contribution in [2.75, 3.05) is 13.9 Å². The Hall–Kier alpha value is -0.843. The van der Waals surface area contributed by atoms with Crippen LogP contribution in [-0.4, -0.2) is 22.2 Å². The van der Waals surface area contributed by atoms with Crippen LogP contribution in [-0.2, 0) is 15.8 Å². The monoisotopic (exact) mass is 254 g/mol. The fourth-order valence-corrected chi connectivity index (χ4v) is 2.01. The number of hydrogen-bond donors (Lipinski definition) is 0. The number of hydrogen-bond acceptors (Lipinski definition) is 3. The van der Waals surface area contributed by atoms with Gasteiger partial charge >= 0.3 is 0 Å². The molecular formula is C13H22O3Si. The second-order valence-electron chi connectivity index (χ2n) is 4.56. The van der Waals surface area contributed by atoms with E-state index in [2.05, 4.69) is 20.0 Å². The molecule has 0 saturated carbocycles. The largest absolute Gasteiger partial charge is 0.467 e. The van der Waals surface area contributed by atoms with Crippen molar-refractivity contribution in [2.24, 2.45) is 0 Å². The highest BCUT2D eigenvalue weighted by atomic mass is 28.4. The van der Waals surface area contributed by atoms with Gasteiger partial charge in [-0.15, -0.1) is 0 Å². The van der Waals surface area contributed by atoms with Crippen LogP contribution in [0.5, 0.6) is 5.75 Å². The van der Waals surface area contributed by atoms with Crippen molar-refractivity contribution in [2.45, 2.75) is 32.7 Å². The van der Waals surface area contributed by atoms with Crippen LogP contribution in [0.15, 0.2) is 24.3 Å². The second-order valence-corrected chi connectivity index (χ2v) is 9.08. The smallest absolute Gasteiger partial charge is 0.188 e. The highest BCUT2D eigenvalue weighted by Crippen LogP contribution is 2.21. The number of benzene rings is 1. The Morgan fingerprint density at radius 2 is 1.88 bits per heavy atom. The number of methoxy groups -OCH3 is 1. The zero-order valence-electron chi connectivity index (χ0n) is 11.2. The van der Waals surface area contributed by atoms with Crippen LogP contribution >= 0.6 is 0 Å². The van der Waals surface area contributed by atoms with E-state index >= 15 is 0 Å². The third-order valence-corrected chi connectivity index (χ3v) is 5.40. The molecule has 0 aliphatic heterocycles. The fraction of sp³-hybridized carbons (Fsp3) is 0.538. The molecule has 1 aromatic carbocycles. The normalized spacial score (nSPS) is 11.5. The third kappa shape index (κ3) is 4.89. The molecule has 1 aromatic rings. The molecule has 0 bridgehead atoms. The van der Waals surface area contributed by atoms with E-state index < -0.39 is 8.32 Å². The summed E-state index contributed by atoms with van der Waals surface area (Å²) in [6.07, 6.45) is 0. The summed E-state index contributed by atoms with van der Waals surface area (Å²) < 4.78 is 16.4. The first-order valence-electron chi connectivity index (χ1n) is 5.92. The highest BCUT2D eigenvalue weighted by molar-refractivity contribution is 6.71. The van der Waals surface area contributed by atoms with Gasteiger partial charge in [0.05, 0.1) is 6.61 Å². The fourth-order valence-electron chi connectivity index (χ4n) is 1.26. The lowest BCUT2D eigenvalue weighted by atomic mass is 10.2. The van der Waals surface area contributed by atoms with Crippen molar-refractivity contribution in [3.63, 3.8) is 0 Å². The molecule has 0 heterocycles. The van der Waals surface area contributed by atoms with Gasteiger partial charge in [-0.1, -0.05) is 25.1 Å². The Morgan fingerprint density at radius 3 is 2.53 bits per heavy atom. The van der Waals surface area contributed by atoms with Gasteiger partial charge in [0, 0.05) is 12.7 Å². The minimum atomic E-state index is -1.50. The van der Waals surface area contributed by atoms with Crippen molar-refractivity contribution in [3.05, 3.63) is 29.8 Å². The lowest BCUT2D eigenvalue weighted by Crippen LogP contribution is -2.28. The van der Waals surface area contributed by atoms with Crippen LogP contribution in [0.1, 0.15) is 12.5 Å². The van der Waals surface area contributed by atoms with Crippen LogP contribution in [0.3, 0.4) is 0 Å². The summed E-state index contributed by atoms with van der Waals surface area (Å²) >= 11 is 0. The summed E-state index contributed by atoms with van der Waals surface area (Å²) in [5.41, 5.74) is 1.08. The molecule has 17 heavy (non-hydrogen) atoms. The highest BCUT2D eigenvalue weighted by Gasteiger charge is 2.19. The molecule has 3 nitrogen and oxygen atoms in total. The average molecular weight is 254 g/mol. The van der Waals surface area contributed by atoms with Crippen molar-refractivity contribution in [3.8, 4) is 5.75 Å². The molecule has 0 N–H and O–H groups in total. The van der Waals surface area contributed by atoms with E-state index in [0.717, 1.165) is 17.4 Å². The van der Waals surface area contributed by atoms with Gasteiger partial charge in [-0.3, -0.25) is 0 Å². The van der Waals surface area contributed by atoms with Gasteiger partial charge in [-0.25, -0.2) is 0 Å². The summed E-state index contributed by atoms with van der Waals surface area (Å²) in [6, 6.07) is 9.05. The van der Waals surface area contributed by atoms with Crippen molar-refractivity contribution < 1.29 is 13.9 Å². The van der Waals surface area contributed by atoms with E-state index in [1.54, 1.807) is 7.11 Å². The second kappa shape index (κ2) is 6.79. The molecule has 0 amide bonds. The van der Waals surface area contributed by atoms with Crippen LogP contribution in [0.2, 0.25) is 19.1 Å². The molecule has 0 fully saturated rings. The Morgan fingerprint density at radius 1 is 1.18 bits per heavy atom. The molecule has 0 saturated heterocycles. The van der Waals surface area contributed by atoms with Crippen molar-refractivity contribution >= 4 is 8.32 Å². The summed E-state index contributed by atoms with van der Waals surface area (Å²) in [5, 5.41) is 0. The van der Waals surface area contributed by atoms with Gasteiger partial charge in [-0.05, 0) is 25.2 Å². The maximum atomic E-state index is 6.00. The van der Waals surface area contributed by atoms with Gasteiger partial charge in [0.25, 0.3) is 0 Å². The van der Waals surface area contributed by atoms with Crippen LogP contribution in [0.4, 0.5) is 0 Å². The number of para-hydroxylation sites is 1. The van der Waals surface area contributed by atoms with Crippen LogP contribution in [0.25, 0.3) is 0 Å². The number of ether oxygens (including phenoxy) is 2. The lowest BCUT2D eigenvalue weighted by molar-refractivity contribution is 0.0496. The van der Waals surface area contributed by atoms with Gasteiger partial charge in [0.2, 0.25) is 0 Å². The van der Waals surface area contributed by atoms with Crippen LogP contribution < -0.4 is 4.74 Å². The van der Waals surface area contributed by atoms with Crippen molar-refractivity contribution in [1.29, 1.82) is 0 Å². The molecule has 0 atom stereocenters. The first-order valence-corrected chi connectivity index (χ1v) is 9.04. The molecule has 96 valence electrons. The van der Waals surface area contributed by atoms with E-state index in [0.29, 0.717) is 6.61 Å². The predicted octanol–water partition coefficient (Wildman–Crippen LogP) is 3.41. The van der Waals surface area contributed by atoms with Crippen molar-refractivity contribution in [1.82, 2.24) is 0 Å². The molecule has 4 heteroatoms. The molecule has 0 radical (unpaired) electrons. The van der Waals surface area contributed by atoms with E-state index in [-0.39, 0.29) is 6.79 Å². The Kier molecular flexibility index (Phi) is 5.68. The zero-order valence-corrected chi connectivity index (χ0v) is 12.2. The summed E-state index contributed by atoms with van der Waals surface area (Å²) in [4.78, 5) is 0. The topological polar surface area (TPSA) is 27.7 Å². The average Bonchev–Trinajstić information content (AvgIpc) is 2.35. The quantitative estimate of drug-likeness (QED) is 0.551. The Bertz CT molecular complexity index is 339. The molecule has 0 aliphatic rings. The number of rotatable bonds is 7. The molecule has 0 aliphatic carbocycles. The Labute approximate surface area is 105 Å². The zero-order chi connectivity index (χ0) is 12.7. The SMILES string of the molecule is CC[Si](C)(C)OCc1ccccc1OCOC. The predicted molar refractivity (Wildman–Crippen MR) is 71.7 cm³/mol. The minimum absolute atomic E-state index is 0.269. The van der Waals surface area contributed by atoms with E-state index in [4.69, 9.17) is 13.9 Å². The first-order chi connectivity index (χ1) is 8.09. The van der Waals surface area contributed by atoms with Gasteiger partial charge in [0.1, 0.15) is 5.75 Å². The lowest BCUT2D eigenvalue weighted by Gasteiger charge is -2.21. The van der Waals surface area contributed by atoms with Crippen LogP contribution in [0, 0.1) is 0 Å². The summed E-state index contributed by atoms with van der Waals surface area (Å²) in [5.74, 6) is 0.843. The summed E-state index contributed by atoms with van der Waals surface area (Å²) in [6.45, 7) is 7.52. The first kappa shape index (κ1) is 14.2. The van der Waals surface area contributed by atoms with E-state index in [9.17, 15) is 0 Å². The molecule has 1 rings (SSSR count). The maximum absolute atomic E-state index is 6.00. The standard InChI is InChI=1S/C13H22O3Si/c1-5-17(3,4)16-10-12-8-6-7-9-13(12)15-11-14-2/h6-9H,5,10-11H2,1-4H3. The summed E-state index contributed by atoms with van der Waals surface area (Å²) in [7, 11) is 0.116. The van der Waals surface area contributed by atoms with E-state index in [1.807, 2.05) is 24.3 Å². The molecule has 0 aromatic heterocycles.